The van der Waals surface area contributed by atoms with E-state index < -0.39 is 10.0 Å². The molecule has 0 spiro atoms. The van der Waals surface area contributed by atoms with Gasteiger partial charge in [-0.05, 0) is 55.3 Å². The van der Waals surface area contributed by atoms with Crippen molar-refractivity contribution in [3.63, 3.8) is 0 Å². The van der Waals surface area contributed by atoms with Crippen LogP contribution in [0.3, 0.4) is 0 Å². The first-order chi connectivity index (χ1) is 13.9. The highest BCUT2D eigenvalue weighted by Crippen LogP contribution is 2.24. The summed E-state index contributed by atoms with van der Waals surface area (Å²) in [6, 6.07) is 12.5. The molecule has 0 aliphatic heterocycles. The molecule has 0 atom stereocenters. The van der Waals surface area contributed by atoms with E-state index in [2.05, 4.69) is 22.5 Å². The molecule has 0 fully saturated rings. The highest BCUT2D eigenvalue weighted by molar-refractivity contribution is 7.89. The molecule has 0 radical (unpaired) electrons. The summed E-state index contributed by atoms with van der Waals surface area (Å²) in [6.07, 6.45) is 6.95. The van der Waals surface area contributed by atoms with E-state index in [1.54, 1.807) is 19.2 Å². The second-order valence-electron chi connectivity index (χ2n) is 6.65. The van der Waals surface area contributed by atoms with Gasteiger partial charge in [-0.3, -0.25) is 4.90 Å². The minimum Gasteiger partial charge on any atom is -0.496 e. The lowest BCUT2D eigenvalue weighted by Gasteiger charge is -2.23. The molecule has 0 saturated carbocycles. The van der Waals surface area contributed by atoms with E-state index >= 15 is 0 Å². The fourth-order valence-electron chi connectivity index (χ4n) is 3.04. The number of nitrogens with zero attached hydrogens (tertiary/aromatic N) is 1. The van der Waals surface area contributed by atoms with Gasteiger partial charge < -0.3 is 4.74 Å². The van der Waals surface area contributed by atoms with Crippen LogP contribution in [0.15, 0.2) is 47.4 Å². The molecule has 156 valence electrons. The molecule has 7 heteroatoms. The summed E-state index contributed by atoms with van der Waals surface area (Å²) in [4.78, 5) is 2.55. The molecule has 2 rings (SSSR count). The highest BCUT2D eigenvalue weighted by atomic mass is 35.5. The van der Waals surface area contributed by atoms with Gasteiger partial charge in [0.2, 0.25) is 10.0 Å². The number of sulfonamides is 1. The van der Waals surface area contributed by atoms with Crippen molar-refractivity contribution in [2.24, 2.45) is 0 Å². The average molecular weight is 435 g/mol. The first kappa shape index (κ1) is 23.2. The van der Waals surface area contributed by atoms with E-state index in [9.17, 15) is 8.42 Å². The Balaban J connectivity index is 2.04. The lowest BCUT2D eigenvalue weighted by Crippen LogP contribution is -2.27. The quantitative estimate of drug-likeness (QED) is 0.547. The van der Waals surface area contributed by atoms with E-state index in [4.69, 9.17) is 22.8 Å². The second-order valence-corrected chi connectivity index (χ2v) is 8.86. The van der Waals surface area contributed by atoms with Gasteiger partial charge in [0.05, 0.1) is 18.6 Å². The third kappa shape index (κ3) is 7.06. The molecule has 0 amide bonds. The number of hydrogen-bond acceptors (Lipinski definition) is 4. The van der Waals surface area contributed by atoms with Gasteiger partial charge in [-0.2, -0.15) is 4.72 Å². The van der Waals surface area contributed by atoms with Crippen molar-refractivity contribution in [2.75, 3.05) is 26.7 Å². The van der Waals surface area contributed by atoms with Gasteiger partial charge in [0.15, 0.2) is 0 Å². The number of nitrogens with one attached hydrogen (secondary N) is 1. The molecule has 5 nitrogen and oxygen atoms in total. The zero-order valence-electron chi connectivity index (χ0n) is 16.8. The normalized spacial score (nSPS) is 11.4. The first-order valence-corrected chi connectivity index (χ1v) is 11.3. The number of benzene rings is 2. The summed E-state index contributed by atoms with van der Waals surface area (Å²) in [5.41, 5.74) is 2.12. The summed E-state index contributed by atoms with van der Waals surface area (Å²) in [6.45, 7) is 4.64. The molecule has 0 heterocycles. The Hall–Kier alpha value is -2.04. The van der Waals surface area contributed by atoms with Crippen molar-refractivity contribution in [3.05, 3.63) is 58.6 Å². The molecular formula is C22H27ClN2O3S. The molecular weight excluding hydrogens is 408 g/mol. The lowest BCUT2D eigenvalue weighted by molar-refractivity contribution is 0.264. The fraction of sp³-hybridized carbons (Fsp3) is 0.364. The zero-order chi connectivity index (χ0) is 21.3. The van der Waals surface area contributed by atoms with Crippen LogP contribution in [-0.2, 0) is 23.0 Å². The molecule has 0 unspecified atom stereocenters. The van der Waals surface area contributed by atoms with Crippen LogP contribution in [0.2, 0.25) is 5.02 Å². The maximum absolute atomic E-state index is 12.1. The van der Waals surface area contributed by atoms with Crippen molar-refractivity contribution in [2.45, 2.75) is 31.2 Å². The van der Waals surface area contributed by atoms with E-state index in [0.717, 1.165) is 49.4 Å². The molecule has 0 aliphatic rings. The van der Waals surface area contributed by atoms with Gasteiger partial charge in [-0.15, -0.1) is 6.42 Å². The van der Waals surface area contributed by atoms with Crippen LogP contribution < -0.4 is 9.46 Å². The van der Waals surface area contributed by atoms with Crippen LogP contribution in [0, 0.1) is 12.3 Å². The van der Waals surface area contributed by atoms with Gasteiger partial charge >= 0.3 is 0 Å². The van der Waals surface area contributed by atoms with Crippen LogP contribution in [0.4, 0.5) is 0 Å². The SMILES string of the molecule is C#CCNS(=O)(=O)c1ccc(CCN(CCC)Cc2cc(Cl)ccc2OC)cc1. The van der Waals surface area contributed by atoms with E-state index in [1.807, 2.05) is 30.3 Å². The molecule has 2 aromatic carbocycles. The van der Waals surface area contributed by atoms with Gasteiger partial charge in [0.1, 0.15) is 5.75 Å². The number of halogens is 1. The zero-order valence-corrected chi connectivity index (χ0v) is 18.4. The Labute approximate surface area is 179 Å². The van der Waals surface area contributed by atoms with Crippen LogP contribution in [0.1, 0.15) is 24.5 Å². The summed E-state index contributed by atoms with van der Waals surface area (Å²) in [5, 5.41) is 0.687. The van der Waals surface area contributed by atoms with Crippen molar-refractivity contribution in [1.29, 1.82) is 0 Å². The molecule has 0 saturated heterocycles. The summed E-state index contributed by atoms with van der Waals surface area (Å²) >= 11 is 6.15. The standard InChI is InChI=1S/C22H27ClN2O3S/c1-4-13-24-29(26,27)21-9-6-18(7-10-21)12-15-25(14-5-2)17-19-16-20(23)8-11-22(19)28-3/h1,6-11,16,24H,5,12-15,17H2,2-3H3. The smallest absolute Gasteiger partial charge is 0.241 e. The van der Waals surface area contributed by atoms with E-state index in [1.165, 1.54) is 0 Å². The van der Waals surface area contributed by atoms with E-state index in [0.29, 0.717) is 5.02 Å². The highest BCUT2D eigenvalue weighted by Gasteiger charge is 2.13. The third-order valence-electron chi connectivity index (χ3n) is 4.49. The molecule has 0 aliphatic carbocycles. The van der Waals surface area contributed by atoms with Crippen molar-refractivity contribution in [1.82, 2.24) is 9.62 Å². The molecule has 0 aromatic heterocycles. The first-order valence-electron chi connectivity index (χ1n) is 9.46. The fourth-order valence-corrected chi connectivity index (χ4v) is 4.17. The van der Waals surface area contributed by atoms with Crippen LogP contribution in [0.25, 0.3) is 0 Å². The lowest BCUT2D eigenvalue weighted by atomic mass is 10.1. The van der Waals surface area contributed by atoms with Gasteiger partial charge in [-0.25, -0.2) is 8.42 Å². The van der Waals surface area contributed by atoms with Crippen LogP contribution in [-0.4, -0.2) is 40.1 Å². The minimum atomic E-state index is -3.56. The predicted octanol–water partition coefficient (Wildman–Crippen LogP) is 3.71. The summed E-state index contributed by atoms with van der Waals surface area (Å²) < 4.78 is 32.0. The number of ether oxygens (including phenoxy) is 1. The Bertz CT molecular complexity index is 938. The van der Waals surface area contributed by atoms with Crippen molar-refractivity contribution >= 4 is 21.6 Å². The molecule has 29 heavy (non-hydrogen) atoms. The molecule has 2 aromatic rings. The van der Waals surface area contributed by atoms with Crippen LogP contribution in [0.5, 0.6) is 5.75 Å². The van der Waals surface area contributed by atoms with Gasteiger partial charge in [0.25, 0.3) is 0 Å². The maximum atomic E-state index is 12.1. The second kappa shape index (κ2) is 11.2. The Morgan fingerprint density at radius 3 is 2.52 bits per heavy atom. The number of rotatable bonds is 11. The molecule has 0 bridgehead atoms. The van der Waals surface area contributed by atoms with Crippen molar-refractivity contribution < 1.29 is 13.2 Å². The Kier molecular flexibility index (Phi) is 8.99. The Morgan fingerprint density at radius 2 is 1.90 bits per heavy atom. The summed E-state index contributed by atoms with van der Waals surface area (Å²) in [5.74, 6) is 3.09. The topological polar surface area (TPSA) is 58.6 Å². The van der Waals surface area contributed by atoms with E-state index in [-0.39, 0.29) is 11.4 Å². The minimum absolute atomic E-state index is 0.0248. The monoisotopic (exact) mass is 434 g/mol. The average Bonchev–Trinajstić information content (AvgIpc) is 2.71. The Morgan fingerprint density at radius 1 is 1.17 bits per heavy atom. The van der Waals surface area contributed by atoms with Gasteiger partial charge in [0, 0.05) is 23.7 Å². The summed E-state index contributed by atoms with van der Waals surface area (Å²) in [7, 11) is -1.90. The maximum Gasteiger partial charge on any atom is 0.241 e. The third-order valence-corrected chi connectivity index (χ3v) is 6.14. The molecule has 1 N–H and O–H groups in total. The van der Waals surface area contributed by atoms with Crippen molar-refractivity contribution in [3.8, 4) is 18.1 Å². The number of methoxy groups -OCH3 is 1. The largest absolute Gasteiger partial charge is 0.496 e. The van der Waals surface area contributed by atoms with Crippen LogP contribution >= 0.6 is 11.6 Å². The number of hydrogen-bond donors (Lipinski definition) is 1. The number of terminal acetylenes is 1. The predicted molar refractivity (Wildman–Crippen MR) is 118 cm³/mol. The van der Waals surface area contributed by atoms with Gasteiger partial charge in [-0.1, -0.05) is 36.6 Å².